The normalized spacial score (nSPS) is 12.8. The third-order valence-corrected chi connectivity index (χ3v) is 4.66. The second-order valence-electron chi connectivity index (χ2n) is 7.94. The van der Waals surface area contributed by atoms with Crippen LogP contribution in [0.5, 0.6) is 0 Å². The highest BCUT2D eigenvalue weighted by atomic mass is 28.3. The lowest BCUT2D eigenvalue weighted by molar-refractivity contribution is -0.141. The van der Waals surface area contributed by atoms with E-state index < -0.39 is 50.8 Å². The van der Waals surface area contributed by atoms with Crippen molar-refractivity contribution in [2.24, 2.45) is 0 Å². The van der Waals surface area contributed by atoms with Crippen molar-refractivity contribution in [1.29, 1.82) is 0 Å². The molecule has 0 aliphatic rings. The standard InChI is InChI=1S/C18H20F6Si2/c1-25(2,3)9-7-13-11-16(18(22,23)24)14(8-10-26(4,5)6)12-15(13)17(19,20)21/h11-12H,1-6H3. The molecular formula is C18H20F6Si2. The zero-order chi connectivity index (χ0) is 20.6. The fourth-order valence-electron chi connectivity index (χ4n) is 1.79. The molecule has 1 aromatic rings. The van der Waals surface area contributed by atoms with Gasteiger partial charge in [-0.1, -0.05) is 51.1 Å². The molecule has 0 aromatic heterocycles. The van der Waals surface area contributed by atoms with E-state index >= 15 is 0 Å². The maximum atomic E-state index is 13.4. The van der Waals surface area contributed by atoms with E-state index in [4.69, 9.17) is 0 Å². The van der Waals surface area contributed by atoms with Gasteiger partial charge in [0.25, 0.3) is 0 Å². The molecule has 0 spiro atoms. The molecule has 0 heterocycles. The Kier molecular flexibility index (Phi) is 6.17. The number of alkyl halides is 6. The van der Waals surface area contributed by atoms with Gasteiger partial charge in [0, 0.05) is 11.1 Å². The van der Waals surface area contributed by atoms with Gasteiger partial charge < -0.3 is 0 Å². The zero-order valence-corrected chi connectivity index (χ0v) is 17.4. The second kappa shape index (κ2) is 7.17. The van der Waals surface area contributed by atoms with E-state index in [1.807, 2.05) is 0 Å². The molecule has 1 rings (SSSR count). The molecule has 0 saturated carbocycles. The molecule has 0 atom stereocenters. The van der Waals surface area contributed by atoms with Gasteiger partial charge in [0.1, 0.15) is 16.1 Å². The van der Waals surface area contributed by atoms with E-state index in [0.29, 0.717) is 12.1 Å². The molecule has 0 aliphatic carbocycles. The Morgan fingerprint density at radius 1 is 0.615 bits per heavy atom. The predicted octanol–water partition coefficient (Wildman–Crippen LogP) is 6.18. The Balaban J connectivity index is 3.82. The number of benzene rings is 1. The van der Waals surface area contributed by atoms with E-state index in [0.717, 1.165) is 0 Å². The summed E-state index contributed by atoms with van der Waals surface area (Å²) in [5.41, 5.74) is 1.70. The van der Waals surface area contributed by atoms with Crippen molar-refractivity contribution in [2.45, 2.75) is 51.6 Å². The van der Waals surface area contributed by atoms with Gasteiger partial charge >= 0.3 is 12.4 Å². The predicted molar refractivity (Wildman–Crippen MR) is 96.9 cm³/mol. The van der Waals surface area contributed by atoms with Crippen LogP contribution in [-0.4, -0.2) is 16.1 Å². The summed E-state index contributed by atoms with van der Waals surface area (Å²) in [5.74, 6) is 4.65. The topological polar surface area (TPSA) is 0 Å². The molecule has 0 radical (unpaired) electrons. The molecule has 0 bridgehead atoms. The molecule has 0 saturated heterocycles. The zero-order valence-electron chi connectivity index (χ0n) is 15.4. The quantitative estimate of drug-likeness (QED) is 0.274. The van der Waals surface area contributed by atoms with Crippen LogP contribution in [-0.2, 0) is 12.4 Å². The lowest BCUT2D eigenvalue weighted by atomic mass is 9.98. The van der Waals surface area contributed by atoms with Crippen molar-refractivity contribution < 1.29 is 26.3 Å². The molecule has 8 heteroatoms. The first-order chi connectivity index (χ1) is 11.4. The molecule has 0 amide bonds. The molecule has 26 heavy (non-hydrogen) atoms. The Morgan fingerprint density at radius 3 is 1.08 bits per heavy atom. The highest BCUT2D eigenvalue weighted by molar-refractivity contribution is 6.84. The van der Waals surface area contributed by atoms with Gasteiger partial charge in [-0.2, -0.15) is 26.3 Å². The van der Waals surface area contributed by atoms with Crippen LogP contribution in [0.4, 0.5) is 26.3 Å². The highest BCUT2D eigenvalue weighted by Crippen LogP contribution is 2.38. The van der Waals surface area contributed by atoms with Crippen molar-refractivity contribution >= 4 is 16.1 Å². The number of halogens is 6. The minimum atomic E-state index is -4.82. The number of hydrogen-bond acceptors (Lipinski definition) is 0. The van der Waals surface area contributed by atoms with Crippen LogP contribution in [0.3, 0.4) is 0 Å². The van der Waals surface area contributed by atoms with Crippen LogP contribution in [0, 0.1) is 22.9 Å². The summed E-state index contributed by atoms with van der Waals surface area (Å²) in [4.78, 5) is 0. The third kappa shape index (κ3) is 6.93. The maximum absolute atomic E-state index is 13.4. The average Bonchev–Trinajstić information content (AvgIpc) is 2.38. The van der Waals surface area contributed by atoms with Crippen LogP contribution in [0.2, 0.25) is 39.3 Å². The van der Waals surface area contributed by atoms with Gasteiger partial charge in [-0.15, -0.1) is 11.1 Å². The summed E-state index contributed by atoms with van der Waals surface area (Å²) in [6.45, 7) is 10.8. The monoisotopic (exact) mass is 406 g/mol. The van der Waals surface area contributed by atoms with Crippen molar-refractivity contribution in [3.63, 3.8) is 0 Å². The minimum Gasteiger partial charge on any atom is -0.166 e. The van der Waals surface area contributed by atoms with Crippen molar-refractivity contribution in [3.05, 3.63) is 34.4 Å². The van der Waals surface area contributed by atoms with E-state index in [-0.39, 0.29) is 0 Å². The van der Waals surface area contributed by atoms with E-state index in [9.17, 15) is 26.3 Å². The van der Waals surface area contributed by atoms with Crippen LogP contribution >= 0.6 is 0 Å². The summed E-state index contributed by atoms with van der Waals surface area (Å²) < 4.78 is 80.2. The van der Waals surface area contributed by atoms with Crippen molar-refractivity contribution in [2.75, 3.05) is 0 Å². The van der Waals surface area contributed by atoms with Crippen LogP contribution in [0.1, 0.15) is 22.3 Å². The van der Waals surface area contributed by atoms with E-state index in [1.165, 1.54) is 0 Å². The summed E-state index contributed by atoms with van der Waals surface area (Å²) in [6.07, 6.45) is -9.63. The van der Waals surface area contributed by atoms with Crippen molar-refractivity contribution in [3.8, 4) is 22.9 Å². The maximum Gasteiger partial charge on any atom is 0.417 e. The molecule has 0 nitrogen and oxygen atoms in total. The summed E-state index contributed by atoms with van der Waals surface area (Å²) in [6, 6.07) is 0.953. The van der Waals surface area contributed by atoms with Gasteiger partial charge in [-0.05, 0) is 12.1 Å². The van der Waals surface area contributed by atoms with E-state index in [2.05, 4.69) is 22.9 Å². The van der Waals surface area contributed by atoms with E-state index in [1.54, 1.807) is 39.3 Å². The molecule has 142 valence electrons. The Morgan fingerprint density at radius 2 is 0.885 bits per heavy atom. The Hall–Kier alpha value is -1.65. The third-order valence-electron chi connectivity index (χ3n) is 2.91. The molecular weight excluding hydrogens is 386 g/mol. The SMILES string of the molecule is C[Si](C)(C)C#Cc1cc(C(F)(F)F)c(C#C[Si](C)(C)C)cc1C(F)(F)F. The highest BCUT2D eigenvalue weighted by Gasteiger charge is 2.39. The van der Waals surface area contributed by atoms with Crippen LogP contribution < -0.4 is 0 Å². The molecule has 0 fully saturated rings. The largest absolute Gasteiger partial charge is 0.417 e. The summed E-state index contributed by atoms with van der Waals surface area (Å²) in [5, 5.41) is 0. The van der Waals surface area contributed by atoms with Gasteiger partial charge in [0.15, 0.2) is 0 Å². The van der Waals surface area contributed by atoms with Gasteiger partial charge in [-0.3, -0.25) is 0 Å². The Bertz CT molecular complexity index is 728. The smallest absolute Gasteiger partial charge is 0.166 e. The molecule has 0 aliphatic heterocycles. The second-order valence-corrected chi connectivity index (χ2v) is 17.4. The first-order valence-corrected chi connectivity index (χ1v) is 14.8. The minimum absolute atomic E-state index is 0.476. The van der Waals surface area contributed by atoms with Gasteiger partial charge in [0.2, 0.25) is 0 Å². The molecule has 0 unspecified atom stereocenters. The Labute approximate surface area is 152 Å². The lowest BCUT2D eigenvalue weighted by Crippen LogP contribution is -2.18. The summed E-state index contributed by atoms with van der Waals surface area (Å²) >= 11 is 0. The number of hydrogen-bond donors (Lipinski definition) is 0. The lowest BCUT2D eigenvalue weighted by Gasteiger charge is -2.16. The van der Waals surface area contributed by atoms with Crippen molar-refractivity contribution in [1.82, 2.24) is 0 Å². The fraction of sp³-hybridized carbons (Fsp3) is 0.444. The number of rotatable bonds is 0. The fourth-order valence-corrected chi connectivity index (χ4v) is 2.80. The van der Waals surface area contributed by atoms with Gasteiger partial charge in [0.05, 0.1) is 11.1 Å². The first-order valence-electron chi connectivity index (χ1n) is 7.79. The van der Waals surface area contributed by atoms with Gasteiger partial charge in [-0.25, -0.2) is 0 Å². The summed E-state index contributed by atoms with van der Waals surface area (Å²) in [7, 11) is -4.14. The molecule has 0 N–H and O–H groups in total. The average molecular weight is 407 g/mol. The first kappa shape index (κ1) is 22.4. The molecule has 1 aromatic carbocycles. The van der Waals surface area contributed by atoms with Crippen LogP contribution in [0.25, 0.3) is 0 Å². The van der Waals surface area contributed by atoms with Crippen LogP contribution in [0.15, 0.2) is 12.1 Å².